The molecule has 1 aliphatic carbocycles. The van der Waals surface area contributed by atoms with Gasteiger partial charge in [0.15, 0.2) is 0 Å². The summed E-state index contributed by atoms with van der Waals surface area (Å²) in [5.41, 5.74) is 0. The molecule has 0 unspecified atom stereocenters. The monoisotopic (exact) mass is 289 g/mol. The van der Waals surface area contributed by atoms with Crippen LogP contribution in [0.2, 0.25) is 0 Å². The molecule has 6 nitrogen and oxygen atoms in total. The molecule has 1 amide bonds. The molecule has 2 aliphatic rings. The summed E-state index contributed by atoms with van der Waals surface area (Å²) in [5.74, 6) is -0.0620. The highest BCUT2D eigenvalue weighted by molar-refractivity contribution is 7.88. The zero-order valence-corrected chi connectivity index (χ0v) is 12.5. The van der Waals surface area contributed by atoms with Gasteiger partial charge in [0, 0.05) is 32.2 Å². The Balaban J connectivity index is 1.90. The smallest absolute Gasteiger partial charge is 0.237 e. The van der Waals surface area contributed by atoms with Crippen LogP contribution in [0.15, 0.2) is 0 Å². The maximum atomic E-state index is 12.2. The first-order valence-corrected chi connectivity index (χ1v) is 8.73. The van der Waals surface area contributed by atoms with Crippen LogP contribution < -0.4 is 0 Å². The van der Waals surface area contributed by atoms with Crippen molar-refractivity contribution in [3.8, 4) is 0 Å². The van der Waals surface area contributed by atoms with E-state index in [0.717, 1.165) is 32.5 Å². The van der Waals surface area contributed by atoms with Gasteiger partial charge in [-0.25, -0.2) is 8.42 Å². The van der Waals surface area contributed by atoms with E-state index < -0.39 is 10.0 Å². The molecule has 0 atom stereocenters. The van der Waals surface area contributed by atoms with Crippen LogP contribution in [0, 0.1) is 0 Å². The maximum absolute atomic E-state index is 12.2. The minimum absolute atomic E-state index is 0.00955. The molecule has 0 aromatic heterocycles. The second kappa shape index (κ2) is 5.76. The quantitative estimate of drug-likeness (QED) is 0.689. The van der Waals surface area contributed by atoms with E-state index in [0.29, 0.717) is 13.1 Å². The molecule has 0 radical (unpaired) electrons. The Bertz CT molecular complexity index is 426. The summed E-state index contributed by atoms with van der Waals surface area (Å²) in [5, 5.41) is 0. The van der Waals surface area contributed by atoms with Crippen LogP contribution >= 0.6 is 0 Å². The van der Waals surface area contributed by atoms with E-state index in [9.17, 15) is 13.2 Å². The molecular weight excluding hydrogens is 266 g/mol. The van der Waals surface area contributed by atoms with Gasteiger partial charge in [-0.05, 0) is 19.4 Å². The summed E-state index contributed by atoms with van der Waals surface area (Å²) in [4.78, 5) is 16.3. The molecule has 19 heavy (non-hydrogen) atoms. The third-order valence-electron chi connectivity index (χ3n) is 3.84. The van der Waals surface area contributed by atoms with Crippen molar-refractivity contribution in [2.24, 2.45) is 0 Å². The molecule has 1 saturated carbocycles. The molecule has 0 bridgehead atoms. The normalized spacial score (nSPS) is 21.9. The van der Waals surface area contributed by atoms with Crippen molar-refractivity contribution in [3.05, 3.63) is 0 Å². The number of carbonyl (C=O) groups excluding carboxylic acids is 1. The predicted molar refractivity (Wildman–Crippen MR) is 73.3 cm³/mol. The average molecular weight is 289 g/mol. The number of amides is 1. The minimum Gasteiger partial charge on any atom is -0.339 e. The van der Waals surface area contributed by atoms with E-state index in [1.807, 2.05) is 0 Å². The van der Waals surface area contributed by atoms with Crippen molar-refractivity contribution < 1.29 is 13.2 Å². The van der Waals surface area contributed by atoms with Crippen LogP contribution in [-0.4, -0.2) is 80.0 Å². The van der Waals surface area contributed by atoms with Gasteiger partial charge in [0.1, 0.15) is 0 Å². The van der Waals surface area contributed by atoms with Crippen molar-refractivity contribution in [2.45, 2.75) is 25.8 Å². The van der Waals surface area contributed by atoms with Crippen molar-refractivity contribution in [1.29, 1.82) is 0 Å². The number of likely N-dealkylation sites (N-methyl/N-ethyl adjacent to an activating group) is 1. The van der Waals surface area contributed by atoms with Crippen molar-refractivity contribution in [1.82, 2.24) is 14.1 Å². The van der Waals surface area contributed by atoms with Crippen molar-refractivity contribution in [3.63, 3.8) is 0 Å². The zero-order chi connectivity index (χ0) is 14.0. The van der Waals surface area contributed by atoms with Gasteiger partial charge in [0.25, 0.3) is 0 Å². The molecule has 0 aromatic rings. The molecule has 2 fully saturated rings. The number of rotatable bonds is 5. The van der Waals surface area contributed by atoms with Gasteiger partial charge in [-0.2, -0.15) is 4.31 Å². The number of hydrogen-bond donors (Lipinski definition) is 0. The fraction of sp³-hybridized carbons (Fsp3) is 0.917. The molecule has 110 valence electrons. The lowest BCUT2D eigenvalue weighted by Gasteiger charge is -2.35. The maximum Gasteiger partial charge on any atom is 0.237 e. The van der Waals surface area contributed by atoms with Crippen LogP contribution in [0.25, 0.3) is 0 Å². The third kappa shape index (κ3) is 3.90. The Morgan fingerprint density at radius 3 is 2.21 bits per heavy atom. The summed E-state index contributed by atoms with van der Waals surface area (Å²) in [7, 11) is -3.28. The summed E-state index contributed by atoms with van der Waals surface area (Å²) in [6.45, 7) is 6.28. The number of hydrogen-bond acceptors (Lipinski definition) is 4. The van der Waals surface area contributed by atoms with E-state index in [-0.39, 0.29) is 18.5 Å². The molecule has 0 spiro atoms. The molecule has 2 rings (SSSR count). The van der Waals surface area contributed by atoms with Crippen LogP contribution in [0.5, 0.6) is 0 Å². The first-order chi connectivity index (χ1) is 8.91. The Labute approximate surface area is 115 Å². The average Bonchev–Trinajstić information content (AvgIpc) is 3.18. The van der Waals surface area contributed by atoms with Gasteiger partial charge in [-0.15, -0.1) is 0 Å². The number of piperazine rings is 1. The predicted octanol–water partition coefficient (Wildman–Crippen LogP) is -0.425. The molecule has 1 heterocycles. The molecule has 0 N–H and O–H groups in total. The van der Waals surface area contributed by atoms with Crippen LogP contribution in [0.3, 0.4) is 0 Å². The molecule has 0 aromatic carbocycles. The highest BCUT2D eigenvalue weighted by Crippen LogP contribution is 2.28. The van der Waals surface area contributed by atoms with Gasteiger partial charge in [0.05, 0.1) is 12.8 Å². The van der Waals surface area contributed by atoms with Crippen LogP contribution in [0.1, 0.15) is 19.8 Å². The fourth-order valence-corrected chi connectivity index (χ4v) is 3.52. The van der Waals surface area contributed by atoms with Gasteiger partial charge >= 0.3 is 0 Å². The van der Waals surface area contributed by atoms with Gasteiger partial charge < -0.3 is 9.80 Å². The summed E-state index contributed by atoms with van der Waals surface area (Å²) in [6.07, 6.45) is 2.95. The third-order valence-corrected chi connectivity index (χ3v) is 5.12. The minimum atomic E-state index is -3.28. The number of sulfonamides is 1. The highest BCUT2D eigenvalue weighted by atomic mass is 32.2. The van der Waals surface area contributed by atoms with Gasteiger partial charge in [-0.3, -0.25) is 4.79 Å². The Morgan fingerprint density at radius 2 is 1.79 bits per heavy atom. The topological polar surface area (TPSA) is 60.9 Å². The first kappa shape index (κ1) is 14.7. The summed E-state index contributed by atoms with van der Waals surface area (Å²) >= 11 is 0. The standard InChI is InChI=1S/C12H23N3O3S/c1-3-13-6-8-14(9-7-13)12(16)10-15(11-4-5-11)19(2,17)18/h11H,3-10H2,1-2H3. The summed E-state index contributed by atoms with van der Waals surface area (Å²) in [6, 6.07) is 0.0517. The lowest BCUT2D eigenvalue weighted by Crippen LogP contribution is -2.51. The Kier molecular flexibility index (Phi) is 4.47. The number of carbonyl (C=O) groups is 1. The van der Waals surface area contributed by atoms with Crippen molar-refractivity contribution >= 4 is 15.9 Å². The fourth-order valence-electron chi connectivity index (χ4n) is 2.43. The molecular formula is C12H23N3O3S. The Morgan fingerprint density at radius 1 is 1.21 bits per heavy atom. The van der Waals surface area contributed by atoms with E-state index in [2.05, 4.69) is 11.8 Å². The van der Waals surface area contributed by atoms with Crippen LogP contribution in [-0.2, 0) is 14.8 Å². The zero-order valence-electron chi connectivity index (χ0n) is 11.7. The second-order valence-corrected chi connectivity index (χ2v) is 7.29. The largest absolute Gasteiger partial charge is 0.339 e. The van der Waals surface area contributed by atoms with E-state index in [4.69, 9.17) is 0 Å². The molecule has 1 saturated heterocycles. The van der Waals surface area contributed by atoms with E-state index in [1.165, 1.54) is 10.6 Å². The molecule has 1 aliphatic heterocycles. The van der Waals surface area contributed by atoms with Gasteiger partial charge in [-0.1, -0.05) is 6.92 Å². The SMILES string of the molecule is CCN1CCN(C(=O)CN(C2CC2)S(C)(=O)=O)CC1. The summed E-state index contributed by atoms with van der Waals surface area (Å²) < 4.78 is 24.7. The Hall–Kier alpha value is -0.660. The molecule has 7 heteroatoms. The van der Waals surface area contributed by atoms with Gasteiger partial charge in [0.2, 0.25) is 15.9 Å². The highest BCUT2D eigenvalue weighted by Gasteiger charge is 2.37. The lowest BCUT2D eigenvalue weighted by molar-refractivity contribution is -0.133. The first-order valence-electron chi connectivity index (χ1n) is 6.88. The van der Waals surface area contributed by atoms with Crippen molar-refractivity contribution in [2.75, 3.05) is 45.5 Å². The van der Waals surface area contributed by atoms with E-state index in [1.54, 1.807) is 4.90 Å². The number of nitrogens with zero attached hydrogens (tertiary/aromatic N) is 3. The van der Waals surface area contributed by atoms with Crippen LogP contribution in [0.4, 0.5) is 0 Å². The second-order valence-electron chi connectivity index (χ2n) is 5.35. The lowest BCUT2D eigenvalue weighted by atomic mass is 10.3. The van der Waals surface area contributed by atoms with E-state index >= 15 is 0 Å².